The predicted octanol–water partition coefficient (Wildman–Crippen LogP) is 8.72. The quantitative estimate of drug-likeness (QED) is 0.331. The van der Waals surface area contributed by atoms with E-state index in [1.54, 1.807) is 6.07 Å². The Morgan fingerprint density at radius 3 is 2.22 bits per heavy atom. The first-order valence-electron chi connectivity index (χ1n) is 13.7. The topological polar surface area (TPSA) is 23.8 Å². The summed E-state index contributed by atoms with van der Waals surface area (Å²) < 4.78 is 45.1. The molecule has 3 aromatic rings. The van der Waals surface area contributed by atoms with Gasteiger partial charge in [-0.1, -0.05) is 37.3 Å². The van der Waals surface area contributed by atoms with Crippen LogP contribution in [0.2, 0.25) is 0 Å². The third-order valence-corrected chi connectivity index (χ3v) is 8.75. The summed E-state index contributed by atoms with van der Waals surface area (Å²) in [5.74, 6) is -0.765. The van der Waals surface area contributed by atoms with Crippen molar-refractivity contribution in [2.45, 2.75) is 83.0 Å². The molecule has 1 fully saturated rings. The van der Waals surface area contributed by atoms with Gasteiger partial charge in [-0.2, -0.15) is 5.26 Å². The molecule has 1 nitrogen and oxygen atoms in total. The number of fused-ring (bicyclic) bond motifs is 1. The van der Waals surface area contributed by atoms with Crippen LogP contribution in [0.5, 0.6) is 0 Å². The standard InChI is InChI=1S/C33H34F3N/c1-2-21-3-5-22(6-4-21)7-8-23-9-16-29-28(17-23)19-31(35)32(33(29)36)25-12-10-24(11-13-25)26-14-15-27(20-37)30(34)18-26/h3-6,14-15,18-19,23-25H,2,7-13,16-17H2,1H3. The third-order valence-electron chi connectivity index (χ3n) is 8.75. The lowest BCUT2D eigenvalue weighted by Gasteiger charge is -2.32. The maximum atomic E-state index is 15.7. The smallest absolute Gasteiger partial charge is 0.141 e. The van der Waals surface area contributed by atoms with Gasteiger partial charge in [-0.05, 0) is 128 Å². The molecule has 0 amide bonds. The van der Waals surface area contributed by atoms with Crippen molar-refractivity contribution in [1.29, 1.82) is 5.26 Å². The molecule has 0 bridgehead atoms. The summed E-state index contributed by atoms with van der Waals surface area (Å²) in [4.78, 5) is 0. The number of benzene rings is 3. The number of nitrogens with zero attached hydrogens (tertiary/aromatic N) is 1. The fourth-order valence-electron chi connectivity index (χ4n) is 6.46. The molecule has 0 aromatic heterocycles. The highest BCUT2D eigenvalue weighted by Gasteiger charge is 2.31. The third kappa shape index (κ3) is 5.47. The molecule has 5 rings (SSSR count). The van der Waals surface area contributed by atoms with Gasteiger partial charge in [0.25, 0.3) is 0 Å². The van der Waals surface area contributed by atoms with Crippen molar-refractivity contribution in [1.82, 2.24) is 0 Å². The van der Waals surface area contributed by atoms with Crippen LogP contribution < -0.4 is 0 Å². The largest absolute Gasteiger partial charge is 0.207 e. The molecule has 4 heteroatoms. The molecule has 2 aliphatic rings. The van der Waals surface area contributed by atoms with Gasteiger partial charge in [-0.25, -0.2) is 13.2 Å². The Morgan fingerprint density at radius 1 is 0.838 bits per heavy atom. The van der Waals surface area contributed by atoms with Gasteiger partial charge in [0.05, 0.1) is 5.56 Å². The molecular weight excluding hydrogens is 467 g/mol. The molecule has 0 heterocycles. The van der Waals surface area contributed by atoms with Gasteiger partial charge in [-0.15, -0.1) is 0 Å². The molecule has 192 valence electrons. The fraction of sp³-hybridized carbons (Fsp3) is 0.424. The minimum atomic E-state index is -0.499. The van der Waals surface area contributed by atoms with Crippen molar-refractivity contribution >= 4 is 0 Å². The molecule has 0 aliphatic heterocycles. The lowest BCUT2D eigenvalue weighted by molar-refractivity contribution is 0.369. The predicted molar refractivity (Wildman–Crippen MR) is 141 cm³/mol. The first kappa shape index (κ1) is 25.6. The maximum absolute atomic E-state index is 15.7. The molecule has 37 heavy (non-hydrogen) atoms. The van der Waals surface area contributed by atoms with Gasteiger partial charge in [0.1, 0.15) is 23.5 Å². The number of hydrogen-bond donors (Lipinski definition) is 0. The maximum Gasteiger partial charge on any atom is 0.141 e. The highest BCUT2D eigenvalue weighted by molar-refractivity contribution is 5.40. The van der Waals surface area contributed by atoms with Crippen molar-refractivity contribution < 1.29 is 13.2 Å². The van der Waals surface area contributed by atoms with Crippen LogP contribution in [-0.2, 0) is 25.7 Å². The number of hydrogen-bond acceptors (Lipinski definition) is 1. The highest BCUT2D eigenvalue weighted by Crippen LogP contribution is 2.44. The van der Waals surface area contributed by atoms with Crippen molar-refractivity contribution in [2.24, 2.45) is 5.92 Å². The van der Waals surface area contributed by atoms with Crippen LogP contribution in [-0.4, -0.2) is 0 Å². The Hall–Kier alpha value is -3.06. The van der Waals surface area contributed by atoms with E-state index >= 15 is 8.78 Å². The summed E-state index contributed by atoms with van der Waals surface area (Å²) in [6, 6.07) is 17.0. The van der Waals surface area contributed by atoms with Crippen molar-refractivity contribution in [3.05, 3.63) is 105 Å². The number of halogens is 3. The van der Waals surface area contributed by atoms with Crippen molar-refractivity contribution in [2.75, 3.05) is 0 Å². The molecule has 1 saturated carbocycles. The van der Waals surface area contributed by atoms with E-state index in [-0.39, 0.29) is 28.8 Å². The summed E-state index contributed by atoms with van der Waals surface area (Å²) in [7, 11) is 0. The van der Waals surface area contributed by atoms with Gasteiger partial charge < -0.3 is 0 Å². The lowest BCUT2D eigenvalue weighted by Crippen LogP contribution is -2.20. The number of aryl methyl sites for hydroxylation is 2. The monoisotopic (exact) mass is 501 g/mol. The molecule has 0 saturated heterocycles. The fourth-order valence-corrected chi connectivity index (χ4v) is 6.46. The zero-order valence-electron chi connectivity index (χ0n) is 21.5. The van der Waals surface area contributed by atoms with Gasteiger partial charge in [0, 0.05) is 5.56 Å². The second kappa shape index (κ2) is 11.1. The van der Waals surface area contributed by atoms with Crippen LogP contribution in [0.15, 0.2) is 48.5 Å². The van der Waals surface area contributed by atoms with Crippen LogP contribution in [0.3, 0.4) is 0 Å². The summed E-state index contributed by atoms with van der Waals surface area (Å²) in [6.07, 6.45) is 8.31. The van der Waals surface area contributed by atoms with E-state index in [0.29, 0.717) is 25.2 Å². The molecule has 1 atom stereocenters. The minimum absolute atomic E-state index is 0.0449. The van der Waals surface area contributed by atoms with Gasteiger partial charge in [-0.3, -0.25) is 0 Å². The van der Waals surface area contributed by atoms with Crippen molar-refractivity contribution in [3.8, 4) is 6.07 Å². The SMILES string of the molecule is CCc1ccc(CCC2CCc3c(cc(F)c(C4CCC(c5ccc(C#N)c(F)c5)CC4)c3F)C2)cc1. The summed E-state index contributed by atoms with van der Waals surface area (Å²) in [5, 5.41) is 8.96. The highest BCUT2D eigenvalue weighted by atomic mass is 19.1. The zero-order valence-corrected chi connectivity index (χ0v) is 21.5. The van der Waals surface area contributed by atoms with E-state index in [1.165, 1.54) is 23.3 Å². The van der Waals surface area contributed by atoms with E-state index in [4.69, 9.17) is 5.26 Å². The van der Waals surface area contributed by atoms with Crippen LogP contribution in [0.25, 0.3) is 0 Å². The molecule has 0 N–H and O–H groups in total. The molecule has 0 spiro atoms. The van der Waals surface area contributed by atoms with E-state index in [9.17, 15) is 4.39 Å². The van der Waals surface area contributed by atoms with Crippen LogP contribution in [0, 0.1) is 34.7 Å². The average molecular weight is 502 g/mol. The summed E-state index contributed by atoms with van der Waals surface area (Å²) >= 11 is 0. The molecular formula is C33H34F3N. The molecule has 1 unspecified atom stereocenters. The van der Waals surface area contributed by atoms with Crippen LogP contribution >= 0.6 is 0 Å². The Balaban J connectivity index is 1.23. The first-order chi connectivity index (χ1) is 18.0. The summed E-state index contributed by atoms with van der Waals surface area (Å²) in [5.41, 5.74) is 5.41. The minimum Gasteiger partial charge on any atom is -0.207 e. The van der Waals surface area contributed by atoms with Gasteiger partial charge in [0.2, 0.25) is 0 Å². The van der Waals surface area contributed by atoms with Gasteiger partial charge >= 0.3 is 0 Å². The average Bonchev–Trinajstić information content (AvgIpc) is 2.92. The molecule has 0 radical (unpaired) electrons. The second-order valence-electron chi connectivity index (χ2n) is 10.9. The van der Waals surface area contributed by atoms with E-state index in [0.717, 1.165) is 61.6 Å². The number of rotatable bonds is 6. The Bertz CT molecular complexity index is 1300. The van der Waals surface area contributed by atoms with Crippen LogP contribution in [0.4, 0.5) is 13.2 Å². The summed E-state index contributed by atoms with van der Waals surface area (Å²) in [6.45, 7) is 2.16. The zero-order chi connectivity index (χ0) is 25.9. The van der Waals surface area contributed by atoms with E-state index in [2.05, 4.69) is 31.2 Å². The first-order valence-corrected chi connectivity index (χ1v) is 13.7. The molecule has 3 aromatic carbocycles. The van der Waals surface area contributed by atoms with Gasteiger partial charge in [0.15, 0.2) is 0 Å². The number of nitriles is 1. The second-order valence-corrected chi connectivity index (χ2v) is 10.9. The van der Waals surface area contributed by atoms with Crippen LogP contribution in [0.1, 0.15) is 96.2 Å². The molecule has 2 aliphatic carbocycles. The Kier molecular flexibility index (Phi) is 7.70. The lowest BCUT2D eigenvalue weighted by atomic mass is 9.74. The Morgan fingerprint density at radius 2 is 1.54 bits per heavy atom. The van der Waals surface area contributed by atoms with E-state index in [1.807, 2.05) is 12.1 Å². The normalized spacial score (nSPS) is 21.3. The van der Waals surface area contributed by atoms with E-state index < -0.39 is 11.6 Å². The van der Waals surface area contributed by atoms with Crippen molar-refractivity contribution in [3.63, 3.8) is 0 Å². The Labute approximate surface area is 218 Å².